The van der Waals surface area contributed by atoms with Crippen LogP contribution in [0.25, 0.3) is 0 Å². The Morgan fingerprint density at radius 1 is 0.763 bits per heavy atom. The predicted molar refractivity (Wildman–Crippen MR) is 148 cm³/mol. The lowest BCUT2D eigenvalue weighted by Crippen LogP contribution is -2.68. The Kier molecular flexibility index (Phi) is 9.91. The lowest BCUT2D eigenvalue weighted by molar-refractivity contribution is -0.234. The van der Waals surface area contributed by atoms with Crippen LogP contribution in [-0.2, 0) is 37.8 Å². The van der Waals surface area contributed by atoms with E-state index in [2.05, 4.69) is 61.0 Å². The monoisotopic (exact) mass is 606 g/mol. The Bertz CT molecular complexity index is 1070. The number of ether oxygens (including phenoxy) is 4. The molecule has 5 atom stereocenters. The number of hydrogen-bond donors (Lipinski definition) is 0. The van der Waals surface area contributed by atoms with E-state index in [1.54, 1.807) is 0 Å². The van der Waals surface area contributed by atoms with Gasteiger partial charge in [-0.25, -0.2) is 0 Å². The van der Waals surface area contributed by atoms with Crippen molar-refractivity contribution < 1.29 is 37.8 Å². The van der Waals surface area contributed by atoms with E-state index in [0.29, 0.717) is 0 Å². The van der Waals surface area contributed by atoms with E-state index < -0.39 is 55.7 Å². The molecule has 0 unspecified atom stereocenters. The highest BCUT2D eigenvalue weighted by Crippen LogP contribution is 2.38. The van der Waals surface area contributed by atoms with Crippen molar-refractivity contribution in [3.63, 3.8) is 0 Å². The highest BCUT2D eigenvalue weighted by molar-refractivity contribution is 9.09. The van der Waals surface area contributed by atoms with Gasteiger partial charge in [-0.05, 0) is 15.4 Å². The van der Waals surface area contributed by atoms with Crippen LogP contribution >= 0.6 is 15.9 Å². The number of halogens is 1. The number of alkyl halides is 1. The Balaban J connectivity index is 2.06. The molecule has 0 amide bonds. The van der Waals surface area contributed by atoms with Gasteiger partial charge in [0, 0.05) is 20.8 Å². The lowest BCUT2D eigenvalue weighted by atomic mass is 9.99. The SMILES string of the molecule is CC(=O)O[C@@H]1[C@@H](OC(C)=O)[C@@H](Br)O[C@H](CO[Si](c2ccccc2)(c2ccccc2)C(C)(C)C)[C@@H]1OC(C)=O. The largest absolute Gasteiger partial charge is 0.456 e. The Morgan fingerprint density at radius 3 is 1.61 bits per heavy atom. The van der Waals surface area contributed by atoms with E-state index in [-0.39, 0.29) is 11.6 Å². The Labute approximate surface area is 233 Å². The molecule has 0 spiro atoms. The van der Waals surface area contributed by atoms with Crippen LogP contribution in [0.3, 0.4) is 0 Å². The second-order valence-electron chi connectivity index (χ2n) is 10.2. The van der Waals surface area contributed by atoms with Crippen molar-refractivity contribution in [1.29, 1.82) is 0 Å². The van der Waals surface area contributed by atoms with Gasteiger partial charge in [0.05, 0.1) is 6.61 Å². The Morgan fingerprint density at radius 2 is 1.18 bits per heavy atom. The molecule has 0 saturated carbocycles. The molecule has 1 saturated heterocycles. The van der Waals surface area contributed by atoms with Crippen molar-refractivity contribution in [1.82, 2.24) is 0 Å². The maximum atomic E-state index is 12.1. The van der Waals surface area contributed by atoms with Gasteiger partial charge in [-0.3, -0.25) is 14.4 Å². The average Bonchev–Trinajstić information content (AvgIpc) is 2.83. The van der Waals surface area contributed by atoms with E-state index in [9.17, 15) is 14.4 Å². The van der Waals surface area contributed by atoms with Crippen LogP contribution in [0.5, 0.6) is 0 Å². The van der Waals surface area contributed by atoms with E-state index in [1.807, 2.05) is 36.4 Å². The first kappa shape index (κ1) is 30.0. The molecule has 1 aliphatic heterocycles. The minimum atomic E-state index is -2.95. The number of benzene rings is 2. The van der Waals surface area contributed by atoms with Gasteiger partial charge in [0.2, 0.25) is 0 Å². The van der Waals surface area contributed by atoms with Gasteiger partial charge in [-0.2, -0.15) is 0 Å². The van der Waals surface area contributed by atoms with Crippen LogP contribution in [-0.4, -0.2) is 62.3 Å². The molecule has 2 aromatic carbocycles. The lowest BCUT2D eigenvalue weighted by Gasteiger charge is -2.46. The van der Waals surface area contributed by atoms with Gasteiger partial charge in [0.25, 0.3) is 8.32 Å². The van der Waals surface area contributed by atoms with Gasteiger partial charge in [0.15, 0.2) is 23.3 Å². The highest BCUT2D eigenvalue weighted by atomic mass is 79.9. The zero-order valence-electron chi connectivity index (χ0n) is 22.5. The molecule has 1 fully saturated rings. The number of carbonyl (C=O) groups is 3. The van der Waals surface area contributed by atoms with Crippen molar-refractivity contribution in [3.05, 3.63) is 60.7 Å². The summed E-state index contributed by atoms with van der Waals surface area (Å²) in [5.41, 5.74) is 0. The molecule has 0 N–H and O–H groups in total. The molecule has 206 valence electrons. The molecular formula is C28H35BrO8Si. The number of carbonyl (C=O) groups excluding carboxylic acids is 3. The van der Waals surface area contributed by atoms with E-state index >= 15 is 0 Å². The van der Waals surface area contributed by atoms with Crippen molar-refractivity contribution >= 4 is 52.5 Å². The van der Waals surface area contributed by atoms with Crippen LogP contribution in [0.2, 0.25) is 5.04 Å². The third-order valence-corrected chi connectivity index (χ3v) is 12.1. The Hall–Kier alpha value is -2.53. The van der Waals surface area contributed by atoms with Crippen LogP contribution in [0.15, 0.2) is 60.7 Å². The molecule has 0 radical (unpaired) electrons. The third kappa shape index (κ3) is 6.72. The molecular weight excluding hydrogens is 572 g/mol. The minimum absolute atomic E-state index is 0.0257. The summed E-state index contributed by atoms with van der Waals surface area (Å²) in [5.74, 6) is -1.80. The quantitative estimate of drug-likeness (QED) is 0.195. The fourth-order valence-corrected chi connectivity index (χ4v) is 10.2. The summed E-state index contributed by atoms with van der Waals surface area (Å²) in [6, 6.07) is 20.2. The van der Waals surface area contributed by atoms with Gasteiger partial charge in [0.1, 0.15) is 6.10 Å². The molecule has 10 heteroatoms. The van der Waals surface area contributed by atoms with Crippen molar-refractivity contribution in [2.24, 2.45) is 0 Å². The van der Waals surface area contributed by atoms with E-state index in [1.165, 1.54) is 20.8 Å². The van der Waals surface area contributed by atoms with Crippen LogP contribution < -0.4 is 10.4 Å². The second kappa shape index (κ2) is 12.5. The molecule has 3 rings (SSSR count). The standard InChI is InChI=1S/C28H35BrO8Si/c1-18(30)34-24-23(37-27(29)26(36-20(3)32)25(24)35-19(2)31)17-33-38(28(4,5)6,21-13-9-7-10-14-21)22-15-11-8-12-16-22/h7-16,23-27H,17H2,1-6H3/t23-,24+,25+,26-,27+/m1/s1. The smallest absolute Gasteiger partial charge is 0.303 e. The first-order valence-electron chi connectivity index (χ1n) is 12.4. The minimum Gasteiger partial charge on any atom is -0.456 e. The normalized spacial score (nSPS) is 23.8. The van der Waals surface area contributed by atoms with E-state index in [4.69, 9.17) is 23.4 Å². The molecule has 38 heavy (non-hydrogen) atoms. The van der Waals surface area contributed by atoms with Gasteiger partial charge in [-0.15, -0.1) is 0 Å². The molecule has 1 heterocycles. The van der Waals surface area contributed by atoms with Crippen molar-refractivity contribution in [3.8, 4) is 0 Å². The predicted octanol–water partition coefficient (Wildman–Crippen LogP) is 3.48. The topological polar surface area (TPSA) is 97.4 Å². The van der Waals surface area contributed by atoms with Gasteiger partial charge < -0.3 is 23.4 Å². The zero-order chi connectivity index (χ0) is 28.1. The summed E-state index contributed by atoms with van der Waals surface area (Å²) in [4.78, 5) is 36.0. The summed E-state index contributed by atoms with van der Waals surface area (Å²) in [6.45, 7) is 10.2. The van der Waals surface area contributed by atoms with Gasteiger partial charge >= 0.3 is 17.9 Å². The number of rotatable bonds is 8. The number of hydrogen-bond acceptors (Lipinski definition) is 8. The molecule has 8 nitrogen and oxygen atoms in total. The second-order valence-corrected chi connectivity index (χ2v) is 15.4. The first-order chi connectivity index (χ1) is 17.9. The summed E-state index contributed by atoms with van der Waals surface area (Å²) < 4.78 is 29.7. The maximum absolute atomic E-state index is 12.1. The maximum Gasteiger partial charge on any atom is 0.303 e. The highest BCUT2D eigenvalue weighted by Gasteiger charge is 2.54. The van der Waals surface area contributed by atoms with E-state index in [0.717, 1.165) is 10.4 Å². The fourth-order valence-electron chi connectivity index (χ4n) is 4.94. The van der Waals surface area contributed by atoms with Crippen molar-refractivity contribution in [2.75, 3.05) is 6.61 Å². The third-order valence-electron chi connectivity index (χ3n) is 6.36. The molecule has 0 bridgehead atoms. The molecule has 0 aromatic heterocycles. The van der Waals surface area contributed by atoms with Crippen molar-refractivity contribution in [2.45, 2.75) is 76.0 Å². The molecule has 1 aliphatic rings. The molecule has 2 aromatic rings. The fraction of sp³-hybridized carbons (Fsp3) is 0.464. The molecule has 0 aliphatic carbocycles. The van der Waals surface area contributed by atoms with Crippen LogP contribution in [0, 0.1) is 0 Å². The summed E-state index contributed by atoms with van der Waals surface area (Å²) in [7, 11) is -2.95. The van der Waals surface area contributed by atoms with Crippen LogP contribution in [0.4, 0.5) is 0 Å². The summed E-state index contributed by atoms with van der Waals surface area (Å²) >= 11 is 3.42. The van der Waals surface area contributed by atoms with Gasteiger partial charge in [-0.1, -0.05) is 97.4 Å². The zero-order valence-corrected chi connectivity index (χ0v) is 25.1. The summed E-state index contributed by atoms with van der Waals surface area (Å²) in [5, 5.41) is 1.01. The van der Waals surface area contributed by atoms with Crippen LogP contribution in [0.1, 0.15) is 41.5 Å². The number of esters is 3. The first-order valence-corrected chi connectivity index (χ1v) is 15.3. The average molecular weight is 608 g/mol. The summed E-state index contributed by atoms with van der Waals surface area (Å²) in [6.07, 6.45) is -4.05.